The van der Waals surface area contributed by atoms with Crippen molar-refractivity contribution in [1.82, 2.24) is 4.90 Å². The van der Waals surface area contributed by atoms with Gasteiger partial charge in [0, 0.05) is 17.5 Å². The fraction of sp³-hybridized carbons (Fsp3) is 0.480. The largest absolute Gasteiger partial charge is 0.493 e. The number of aliphatic hydroxyl groups excluding tert-OH is 2. The van der Waals surface area contributed by atoms with Crippen LogP contribution in [0.3, 0.4) is 0 Å². The fourth-order valence-electron chi connectivity index (χ4n) is 4.66. The normalized spacial score (nSPS) is 18.0. The first-order valence-corrected chi connectivity index (χ1v) is 11.0. The molecule has 0 saturated heterocycles. The molecule has 2 aliphatic heterocycles. The maximum Gasteiger partial charge on any atom is 0.231 e. The Morgan fingerprint density at radius 2 is 1.88 bits per heavy atom. The van der Waals surface area contributed by atoms with E-state index in [0.29, 0.717) is 47.1 Å². The second-order valence-electron chi connectivity index (χ2n) is 9.32. The number of ether oxygens (including phenoxy) is 4. The number of fused-ring (bicyclic) bond motifs is 2. The molecule has 8 nitrogen and oxygen atoms in total. The van der Waals surface area contributed by atoms with Crippen molar-refractivity contribution < 1.29 is 34.0 Å². The van der Waals surface area contributed by atoms with Crippen LogP contribution in [0.4, 0.5) is 0 Å². The first kappa shape index (κ1) is 23.2. The molecule has 8 heteroatoms. The number of rotatable bonds is 5. The Bertz CT molecular complexity index is 1060. The molecule has 0 aliphatic carbocycles. The van der Waals surface area contributed by atoms with Gasteiger partial charge < -0.3 is 34.1 Å². The summed E-state index contributed by atoms with van der Waals surface area (Å²) < 4.78 is 22.0. The summed E-state index contributed by atoms with van der Waals surface area (Å²) in [5, 5.41) is 21.9. The minimum atomic E-state index is -1.13. The SMILES string of the molecule is COc1ccc([C@H](O)[C@H]2c3cc4c(cc3CCN2C(=O)C(C)(C)C)OCO4)c(CO)c1OC. The summed E-state index contributed by atoms with van der Waals surface area (Å²) in [4.78, 5) is 15.2. The van der Waals surface area contributed by atoms with E-state index in [9.17, 15) is 15.0 Å². The van der Waals surface area contributed by atoms with Gasteiger partial charge in [-0.2, -0.15) is 0 Å². The first-order chi connectivity index (χ1) is 15.7. The van der Waals surface area contributed by atoms with Crippen molar-refractivity contribution >= 4 is 5.91 Å². The quantitative estimate of drug-likeness (QED) is 0.712. The number of nitrogens with zero attached hydrogens (tertiary/aromatic N) is 1. The number of carbonyl (C=O) groups excluding carboxylic acids is 1. The highest BCUT2D eigenvalue weighted by atomic mass is 16.7. The van der Waals surface area contributed by atoms with E-state index < -0.39 is 17.6 Å². The molecule has 33 heavy (non-hydrogen) atoms. The highest BCUT2D eigenvalue weighted by molar-refractivity contribution is 5.82. The third-order valence-electron chi connectivity index (χ3n) is 6.27. The average molecular weight is 458 g/mol. The van der Waals surface area contributed by atoms with Crippen LogP contribution < -0.4 is 18.9 Å². The molecule has 0 saturated carbocycles. The molecule has 2 aliphatic rings. The van der Waals surface area contributed by atoms with E-state index in [1.54, 1.807) is 17.0 Å². The summed E-state index contributed by atoms with van der Waals surface area (Å²) in [6.45, 7) is 5.82. The van der Waals surface area contributed by atoms with Gasteiger partial charge in [-0.3, -0.25) is 4.79 Å². The first-order valence-electron chi connectivity index (χ1n) is 11.0. The van der Waals surface area contributed by atoms with Gasteiger partial charge >= 0.3 is 0 Å². The Kier molecular flexibility index (Phi) is 6.16. The van der Waals surface area contributed by atoms with Crippen molar-refractivity contribution in [2.45, 2.75) is 45.9 Å². The molecule has 0 unspecified atom stereocenters. The number of amides is 1. The van der Waals surface area contributed by atoms with Gasteiger partial charge in [-0.1, -0.05) is 26.8 Å². The van der Waals surface area contributed by atoms with Gasteiger partial charge in [0.05, 0.1) is 26.9 Å². The predicted molar refractivity (Wildman–Crippen MR) is 121 cm³/mol. The number of aliphatic hydroxyl groups is 2. The molecular weight excluding hydrogens is 426 g/mol. The standard InChI is InChI=1S/C25H31NO7/c1-25(2,3)24(29)26-9-8-14-10-19-20(33-13-32-19)11-16(14)21(26)22(28)15-6-7-18(30-4)23(31-5)17(15)12-27/h6-7,10-11,21-22,27-28H,8-9,12-13H2,1-5H3/t21-,22+/m1/s1. The lowest BCUT2D eigenvalue weighted by atomic mass is 9.83. The zero-order valence-corrected chi connectivity index (χ0v) is 19.7. The second-order valence-corrected chi connectivity index (χ2v) is 9.32. The molecule has 178 valence electrons. The highest BCUT2D eigenvalue weighted by Crippen LogP contribution is 2.47. The van der Waals surface area contributed by atoms with Gasteiger partial charge in [0.15, 0.2) is 23.0 Å². The maximum absolute atomic E-state index is 13.5. The van der Waals surface area contributed by atoms with E-state index in [-0.39, 0.29) is 19.3 Å². The van der Waals surface area contributed by atoms with Gasteiger partial charge in [-0.15, -0.1) is 0 Å². The Morgan fingerprint density at radius 3 is 2.48 bits per heavy atom. The molecule has 2 aromatic rings. The average Bonchev–Trinajstić information content (AvgIpc) is 3.26. The number of hydrogen-bond donors (Lipinski definition) is 2. The maximum atomic E-state index is 13.5. The molecule has 2 atom stereocenters. The summed E-state index contributed by atoms with van der Waals surface area (Å²) in [5.74, 6) is 1.99. The zero-order chi connectivity index (χ0) is 23.9. The topological polar surface area (TPSA) is 97.7 Å². The number of benzene rings is 2. The van der Waals surface area contributed by atoms with Crippen molar-refractivity contribution in [2.24, 2.45) is 5.41 Å². The van der Waals surface area contributed by atoms with Gasteiger partial charge in [-0.25, -0.2) is 0 Å². The number of methoxy groups -OCH3 is 2. The zero-order valence-electron chi connectivity index (χ0n) is 19.7. The number of carbonyl (C=O) groups is 1. The van der Waals surface area contributed by atoms with Crippen LogP contribution in [0.5, 0.6) is 23.0 Å². The minimum Gasteiger partial charge on any atom is -0.493 e. The number of hydrogen-bond acceptors (Lipinski definition) is 7. The smallest absolute Gasteiger partial charge is 0.231 e. The fourth-order valence-corrected chi connectivity index (χ4v) is 4.66. The minimum absolute atomic E-state index is 0.0686. The molecule has 0 spiro atoms. The molecule has 2 N–H and O–H groups in total. The van der Waals surface area contributed by atoms with E-state index in [1.165, 1.54) is 14.2 Å². The van der Waals surface area contributed by atoms with Gasteiger partial charge in [0.1, 0.15) is 6.10 Å². The third-order valence-corrected chi connectivity index (χ3v) is 6.27. The van der Waals surface area contributed by atoms with E-state index in [1.807, 2.05) is 32.9 Å². The summed E-state index contributed by atoms with van der Waals surface area (Å²) in [6.07, 6.45) is -0.492. The van der Waals surface area contributed by atoms with Crippen LogP contribution in [0, 0.1) is 5.41 Å². The summed E-state index contributed by atoms with van der Waals surface area (Å²) in [6, 6.07) is 6.50. The van der Waals surface area contributed by atoms with E-state index >= 15 is 0 Å². The lowest BCUT2D eigenvalue weighted by Gasteiger charge is -2.43. The molecule has 0 radical (unpaired) electrons. The molecule has 0 fully saturated rings. The van der Waals surface area contributed by atoms with Crippen molar-refractivity contribution in [2.75, 3.05) is 27.6 Å². The van der Waals surface area contributed by atoms with Crippen LogP contribution in [0.15, 0.2) is 24.3 Å². The van der Waals surface area contributed by atoms with Crippen molar-refractivity contribution in [3.8, 4) is 23.0 Å². The molecule has 2 aromatic carbocycles. The van der Waals surface area contributed by atoms with Crippen LogP contribution in [-0.4, -0.2) is 48.6 Å². The van der Waals surface area contributed by atoms with E-state index in [2.05, 4.69) is 0 Å². The third kappa shape index (κ3) is 3.98. The Hall–Kier alpha value is -2.97. The molecule has 2 heterocycles. The summed E-state index contributed by atoms with van der Waals surface area (Å²) in [5.41, 5.74) is 2.04. The predicted octanol–water partition coefficient (Wildman–Crippen LogP) is 3.13. The molecule has 4 rings (SSSR count). The molecular formula is C25H31NO7. The highest BCUT2D eigenvalue weighted by Gasteiger charge is 2.41. The van der Waals surface area contributed by atoms with Crippen molar-refractivity contribution in [3.05, 3.63) is 46.5 Å². The van der Waals surface area contributed by atoms with E-state index in [4.69, 9.17) is 18.9 Å². The Balaban J connectivity index is 1.87. The Morgan fingerprint density at radius 1 is 1.18 bits per heavy atom. The molecule has 0 bridgehead atoms. The van der Waals surface area contributed by atoms with E-state index in [0.717, 1.165) is 11.1 Å². The monoisotopic (exact) mass is 457 g/mol. The summed E-state index contributed by atoms with van der Waals surface area (Å²) in [7, 11) is 3.00. The second kappa shape index (κ2) is 8.76. The van der Waals surface area contributed by atoms with Gasteiger partial charge in [-0.05, 0) is 41.3 Å². The van der Waals surface area contributed by atoms with Crippen molar-refractivity contribution in [3.63, 3.8) is 0 Å². The van der Waals surface area contributed by atoms with Crippen LogP contribution in [-0.2, 0) is 17.8 Å². The lowest BCUT2D eigenvalue weighted by Crippen LogP contribution is -2.47. The van der Waals surface area contributed by atoms with Gasteiger partial charge in [0.25, 0.3) is 0 Å². The summed E-state index contributed by atoms with van der Waals surface area (Å²) >= 11 is 0. The van der Waals surface area contributed by atoms with Crippen molar-refractivity contribution in [1.29, 1.82) is 0 Å². The van der Waals surface area contributed by atoms with Crippen LogP contribution in [0.2, 0.25) is 0 Å². The molecule has 0 aromatic heterocycles. The van der Waals surface area contributed by atoms with Crippen LogP contribution >= 0.6 is 0 Å². The van der Waals surface area contributed by atoms with Crippen LogP contribution in [0.1, 0.15) is 55.2 Å². The van der Waals surface area contributed by atoms with Crippen LogP contribution in [0.25, 0.3) is 0 Å². The van der Waals surface area contributed by atoms with Gasteiger partial charge in [0.2, 0.25) is 12.7 Å². The lowest BCUT2D eigenvalue weighted by molar-refractivity contribution is -0.145. The molecule has 1 amide bonds. The Labute approximate surface area is 193 Å².